The van der Waals surface area contributed by atoms with Crippen LogP contribution in [0.1, 0.15) is 20.8 Å². The third kappa shape index (κ3) is 5.32. The van der Waals surface area contributed by atoms with Gasteiger partial charge in [-0.2, -0.15) is 0 Å². The first-order chi connectivity index (χ1) is 13.2. The van der Waals surface area contributed by atoms with Crippen LogP contribution in [0.25, 0.3) is 10.9 Å². The Morgan fingerprint density at radius 1 is 1.21 bits per heavy atom. The van der Waals surface area contributed by atoms with Crippen molar-refractivity contribution in [1.29, 1.82) is 0 Å². The molecule has 0 aliphatic carbocycles. The average Bonchev–Trinajstić information content (AvgIpc) is 2.63. The normalized spacial score (nSPS) is 11.9. The Bertz CT molecular complexity index is 957. The molecular formula is C18H22N4O5S. The maximum absolute atomic E-state index is 12.8. The summed E-state index contributed by atoms with van der Waals surface area (Å²) in [7, 11) is 1.22. The second kappa shape index (κ2) is 9.36. The summed E-state index contributed by atoms with van der Waals surface area (Å²) in [5.74, 6) is -1.16. The summed E-state index contributed by atoms with van der Waals surface area (Å²) in [6, 6.07) is 5.99. The number of thioether (sulfide) groups is 1. The van der Waals surface area contributed by atoms with Crippen LogP contribution in [0.15, 0.2) is 34.2 Å². The molecular weight excluding hydrogens is 384 g/mol. The van der Waals surface area contributed by atoms with Crippen molar-refractivity contribution in [3.63, 3.8) is 0 Å². The van der Waals surface area contributed by atoms with Crippen molar-refractivity contribution in [3.8, 4) is 0 Å². The number of esters is 1. The fourth-order valence-electron chi connectivity index (χ4n) is 2.29. The number of fused-ring (bicyclic) bond motifs is 1. The second-order valence-electron chi connectivity index (χ2n) is 6.26. The van der Waals surface area contributed by atoms with E-state index in [1.54, 1.807) is 45.0 Å². The zero-order valence-corrected chi connectivity index (χ0v) is 16.8. The smallest absolute Gasteiger partial charge is 0.325 e. The van der Waals surface area contributed by atoms with Crippen LogP contribution in [0.2, 0.25) is 0 Å². The summed E-state index contributed by atoms with van der Waals surface area (Å²) in [6.45, 7) is 4.78. The highest BCUT2D eigenvalue weighted by Gasteiger charge is 2.22. The molecule has 28 heavy (non-hydrogen) atoms. The van der Waals surface area contributed by atoms with Gasteiger partial charge in [0.15, 0.2) is 5.16 Å². The van der Waals surface area contributed by atoms with Crippen LogP contribution in [0, 0.1) is 0 Å². The Morgan fingerprint density at radius 3 is 2.54 bits per heavy atom. The predicted octanol–water partition coefficient (Wildman–Crippen LogP) is 1.28. The highest BCUT2D eigenvalue weighted by molar-refractivity contribution is 8.00. The summed E-state index contributed by atoms with van der Waals surface area (Å²) >= 11 is 0.973. The average molecular weight is 406 g/mol. The molecule has 1 atom stereocenters. The van der Waals surface area contributed by atoms with Gasteiger partial charge in [-0.05, 0) is 32.9 Å². The van der Waals surface area contributed by atoms with Crippen molar-refractivity contribution in [2.24, 2.45) is 0 Å². The lowest BCUT2D eigenvalue weighted by atomic mass is 10.2. The molecule has 1 heterocycles. The molecule has 0 aliphatic heterocycles. The number of nitrogens with zero attached hydrogens (tertiary/aromatic N) is 2. The van der Waals surface area contributed by atoms with Crippen molar-refractivity contribution in [3.05, 3.63) is 34.6 Å². The van der Waals surface area contributed by atoms with E-state index in [4.69, 9.17) is 0 Å². The van der Waals surface area contributed by atoms with Gasteiger partial charge in [-0.15, -0.1) is 0 Å². The largest absolute Gasteiger partial charge is 0.468 e. The molecule has 10 heteroatoms. The van der Waals surface area contributed by atoms with E-state index in [-0.39, 0.29) is 17.7 Å². The topological polar surface area (TPSA) is 119 Å². The molecule has 9 nitrogen and oxygen atoms in total. The molecule has 1 aromatic carbocycles. The zero-order valence-electron chi connectivity index (χ0n) is 16.0. The maximum atomic E-state index is 12.8. The van der Waals surface area contributed by atoms with Crippen LogP contribution in [0.3, 0.4) is 0 Å². The minimum absolute atomic E-state index is 0.122. The number of benzene rings is 1. The van der Waals surface area contributed by atoms with Gasteiger partial charge in [0.1, 0.15) is 6.54 Å². The number of methoxy groups -OCH3 is 1. The number of amides is 3. The van der Waals surface area contributed by atoms with E-state index < -0.39 is 28.7 Å². The quantitative estimate of drug-likeness (QED) is 0.421. The molecule has 0 bridgehead atoms. The maximum Gasteiger partial charge on any atom is 0.325 e. The molecule has 2 rings (SSSR count). The molecule has 0 aliphatic rings. The number of carbonyl (C=O) groups is 3. The van der Waals surface area contributed by atoms with Crippen molar-refractivity contribution in [2.75, 3.05) is 7.11 Å². The number of hydrogen-bond donors (Lipinski definition) is 2. The fraction of sp³-hybridized carbons (Fsp3) is 0.389. The molecule has 3 amide bonds. The first kappa shape index (κ1) is 21.4. The predicted molar refractivity (Wildman–Crippen MR) is 105 cm³/mol. The molecule has 0 fully saturated rings. The van der Waals surface area contributed by atoms with E-state index in [0.717, 1.165) is 16.3 Å². The van der Waals surface area contributed by atoms with E-state index in [0.29, 0.717) is 10.9 Å². The molecule has 150 valence electrons. The van der Waals surface area contributed by atoms with Gasteiger partial charge >= 0.3 is 12.0 Å². The number of rotatable bonds is 6. The lowest BCUT2D eigenvalue weighted by molar-refractivity contribution is -0.141. The van der Waals surface area contributed by atoms with E-state index in [1.165, 1.54) is 7.11 Å². The van der Waals surface area contributed by atoms with E-state index in [2.05, 4.69) is 20.4 Å². The lowest BCUT2D eigenvalue weighted by Gasteiger charge is -2.16. The first-order valence-corrected chi connectivity index (χ1v) is 9.45. The van der Waals surface area contributed by atoms with Gasteiger partial charge in [-0.1, -0.05) is 23.9 Å². The van der Waals surface area contributed by atoms with Gasteiger partial charge in [0.05, 0.1) is 23.3 Å². The Labute approximate surface area is 165 Å². The van der Waals surface area contributed by atoms with Crippen molar-refractivity contribution in [2.45, 2.75) is 43.8 Å². The molecule has 0 saturated carbocycles. The van der Waals surface area contributed by atoms with Gasteiger partial charge in [0.25, 0.3) is 5.56 Å². The Hall–Kier alpha value is -2.88. The van der Waals surface area contributed by atoms with Gasteiger partial charge < -0.3 is 10.1 Å². The summed E-state index contributed by atoms with van der Waals surface area (Å²) in [6.07, 6.45) is 0. The van der Waals surface area contributed by atoms with Gasteiger partial charge in [0, 0.05) is 6.04 Å². The molecule has 2 N–H and O–H groups in total. The summed E-state index contributed by atoms with van der Waals surface area (Å²) in [4.78, 5) is 52.9. The summed E-state index contributed by atoms with van der Waals surface area (Å²) < 4.78 is 5.81. The molecule has 2 aromatic rings. The molecule has 1 aromatic heterocycles. The Balaban J connectivity index is 2.32. The zero-order chi connectivity index (χ0) is 20.8. The van der Waals surface area contributed by atoms with Crippen LogP contribution >= 0.6 is 11.8 Å². The number of hydrogen-bond acceptors (Lipinski definition) is 7. The molecule has 0 unspecified atom stereocenters. The number of nitrogens with one attached hydrogen (secondary N) is 2. The molecule has 0 spiro atoms. The standard InChI is InChI=1S/C18H22N4O5S/c1-10(2)19-17(26)21-15(24)11(3)28-18-20-13-8-6-5-7-12(13)16(25)22(18)9-14(23)27-4/h5-8,10-11H,9H2,1-4H3,(H2,19,21,24,26)/t11-/m0/s1. The van der Waals surface area contributed by atoms with Crippen LogP contribution in [-0.2, 0) is 20.9 Å². The Morgan fingerprint density at radius 2 is 1.89 bits per heavy atom. The van der Waals surface area contributed by atoms with Crippen LogP contribution < -0.4 is 16.2 Å². The lowest BCUT2D eigenvalue weighted by Crippen LogP contribution is -2.45. The SMILES string of the molecule is COC(=O)Cn1c(S[C@@H](C)C(=O)NC(=O)NC(C)C)nc2ccccc2c1=O. The van der Waals surface area contributed by atoms with Gasteiger partial charge in [-0.25, -0.2) is 9.78 Å². The van der Waals surface area contributed by atoms with Gasteiger partial charge in [0.2, 0.25) is 5.91 Å². The minimum Gasteiger partial charge on any atom is -0.468 e. The van der Waals surface area contributed by atoms with E-state index in [1.807, 2.05) is 0 Å². The monoisotopic (exact) mass is 406 g/mol. The molecule has 0 saturated heterocycles. The number of para-hydroxylation sites is 1. The highest BCUT2D eigenvalue weighted by Crippen LogP contribution is 2.22. The second-order valence-corrected chi connectivity index (χ2v) is 7.56. The third-order valence-corrected chi connectivity index (χ3v) is 4.74. The van der Waals surface area contributed by atoms with Crippen LogP contribution in [-0.4, -0.2) is 45.9 Å². The van der Waals surface area contributed by atoms with E-state index in [9.17, 15) is 19.2 Å². The summed E-state index contributed by atoms with van der Waals surface area (Å²) in [5.41, 5.74) is 0.0323. The Kier molecular flexibility index (Phi) is 7.16. The number of carbonyl (C=O) groups excluding carboxylic acids is 3. The number of aromatic nitrogens is 2. The third-order valence-electron chi connectivity index (χ3n) is 3.65. The fourth-order valence-corrected chi connectivity index (χ4v) is 3.20. The molecule has 0 radical (unpaired) electrons. The first-order valence-electron chi connectivity index (χ1n) is 8.57. The van der Waals surface area contributed by atoms with Crippen molar-refractivity contribution < 1.29 is 19.1 Å². The highest BCUT2D eigenvalue weighted by atomic mass is 32.2. The van der Waals surface area contributed by atoms with Crippen molar-refractivity contribution >= 4 is 40.6 Å². The number of imide groups is 1. The van der Waals surface area contributed by atoms with Crippen LogP contribution in [0.5, 0.6) is 0 Å². The number of urea groups is 1. The van der Waals surface area contributed by atoms with Crippen molar-refractivity contribution in [1.82, 2.24) is 20.2 Å². The van der Waals surface area contributed by atoms with Gasteiger partial charge in [-0.3, -0.25) is 24.3 Å². The minimum atomic E-state index is -0.741. The number of ether oxygens (including phenoxy) is 1. The summed E-state index contributed by atoms with van der Waals surface area (Å²) in [5, 5.41) is 4.59. The van der Waals surface area contributed by atoms with E-state index >= 15 is 0 Å². The van der Waals surface area contributed by atoms with Crippen LogP contribution in [0.4, 0.5) is 4.79 Å².